The topological polar surface area (TPSA) is 58.2 Å². The van der Waals surface area contributed by atoms with E-state index in [1.165, 1.54) is 11.3 Å². The third-order valence-corrected chi connectivity index (χ3v) is 6.86. The molecule has 0 radical (unpaired) electrons. The molecule has 0 amide bonds. The van der Waals surface area contributed by atoms with Gasteiger partial charge in [0, 0.05) is 16.2 Å². The summed E-state index contributed by atoms with van der Waals surface area (Å²) in [7, 11) is -3.53. The Balaban J connectivity index is 1.64. The largest absolute Gasteiger partial charge is 0.253 e. The molecule has 0 bridgehead atoms. The van der Waals surface area contributed by atoms with E-state index in [2.05, 4.69) is 22.4 Å². The monoisotopic (exact) mass is 362 g/mol. The minimum Gasteiger partial charge on any atom is -0.240 e. The van der Waals surface area contributed by atoms with Crippen molar-refractivity contribution in [3.63, 3.8) is 0 Å². The zero-order chi connectivity index (χ0) is 16.8. The van der Waals surface area contributed by atoms with Gasteiger partial charge in [0.05, 0.1) is 4.90 Å². The van der Waals surface area contributed by atoms with Crippen LogP contribution in [0.15, 0.2) is 70.5 Å². The summed E-state index contributed by atoms with van der Waals surface area (Å²) < 4.78 is 24.7. The van der Waals surface area contributed by atoms with E-state index in [0.29, 0.717) is 5.25 Å². The van der Waals surface area contributed by atoms with E-state index in [1.54, 1.807) is 30.3 Å². The van der Waals surface area contributed by atoms with Gasteiger partial charge in [-0.2, -0.15) is 0 Å². The van der Waals surface area contributed by atoms with Crippen LogP contribution < -0.4 is 10.3 Å². The first-order chi connectivity index (χ1) is 11.6. The number of rotatable bonds is 6. The van der Waals surface area contributed by atoms with Gasteiger partial charge in [-0.25, -0.2) is 13.8 Å². The molecule has 2 aromatic rings. The van der Waals surface area contributed by atoms with Gasteiger partial charge in [0.15, 0.2) is 0 Å². The van der Waals surface area contributed by atoms with E-state index < -0.39 is 10.0 Å². The molecule has 0 saturated heterocycles. The Kier molecular flexibility index (Phi) is 5.94. The van der Waals surface area contributed by atoms with Crippen molar-refractivity contribution in [1.82, 2.24) is 10.3 Å². The average molecular weight is 363 g/mol. The third-order valence-electron chi connectivity index (χ3n) is 4.17. The molecule has 2 atom stereocenters. The third kappa shape index (κ3) is 4.60. The molecule has 2 aromatic carbocycles. The zero-order valence-electron chi connectivity index (χ0n) is 13.4. The molecule has 1 aliphatic carbocycles. The molecular formula is C18H22N2O2S2. The summed E-state index contributed by atoms with van der Waals surface area (Å²) in [5.74, 6) is 0. The quantitative estimate of drug-likeness (QED) is 0.771. The van der Waals surface area contributed by atoms with Gasteiger partial charge in [-0.1, -0.05) is 49.2 Å². The van der Waals surface area contributed by atoms with Gasteiger partial charge >= 0.3 is 0 Å². The number of hydrogen-bond acceptors (Lipinski definition) is 4. The first kappa shape index (κ1) is 17.5. The van der Waals surface area contributed by atoms with Gasteiger partial charge in [0.1, 0.15) is 0 Å². The SMILES string of the molecule is O=S(=O)(NN[C@H]1CCCC[C@H]1Sc1ccccc1)c1ccccc1. The second kappa shape index (κ2) is 8.16. The van der Waals surface area contributed by atoms with E-state index in [4.69, 9.17) is 0 Å². The fourth-order valence-electron chi connectivity index (χ4n) is 2.89. The maximum Gasteiger partial charge on any atom is 0.253 e. The van der Waals surface area contributed by atoms with Crippen LogP contribution in [0.5, 0.6) is 0 Å². The molecule has 0 unspecified atom stereocenters. The molecule has 0 aliphatic heterocycles. The highest BCUT2D eigenvalue weighted by molar-refractivity contribution is 8.00. The molecule has 2 N–H and O–H groups in total. The standard InChI is InChI=1S/C18H22N2O2S2/c21-24(22,16-11-5-2-6-12-16)20-19-17-13-7-8-14-18(17)23-15-9-3-1-4-10-15/h1-6,9-12,17-20H,7-8,13-14H2/t17-,18+/m0/s1. The zero-order valence-corrected chi connectivity index (χ0v) is 15.0. The number of sulfonamides is 1. The molecular weight excluding hydrogens is 340 g/mol. The molecule has 3 rings (SSSR count). The highest BCUT2D eigenvalue weighted by Gasteiger charge is 2.27. The Morgan fingerprint density at radius 2 is 1.50 bits per heavy atom. The van der Waals surface area contributed by atoms with Crippen molar-refractivity contribution in [2.45, 2.75) is 46.8 Å². The molecule has 1 aliphatic rings. The first-order valence-corrected chi connectivity index (χ1v) is 10.6. The van der Waals surface area contributed by atoms with E-state index in [-0.39, 0.29) is 10.9 Å². The fourth-order valence-corrected chi connectivity index (χ4v) is 5.15. The average Bonchev–Trinajstić information content (AvgIpc) is 2.63. The number of thioether (sulfide) groups is 1. The molecule has 1 fully saturated rings. The van der Waals surface area contributed by atoms with Gasteiger partial charge in [0.25, 0.3) is 10.0 Å². The Bertz CT molecular complexity index is 736. The van der Waals surface area contributed by atoms with Crippen LogP contribution in [0.25, 0.3) is 0 Å². The summed E-state index contributed by atoms with van der Waals surface area (Å²) in [5.41, 5.74) is 3.07. The number of hydrazine groups is 1. The lowest BCUT2D eigenvalue weighted by atomic mass is 9.95. The van der Waals surface area contributed by atoms with Crippen LogP contribution in [0.3, 0.4) is 0 Å². The molecule has 128 valence electrons. The number of hydrogen-bond donors (Lipinski definition) is 2. The predicted molar refractivity (Wildman–Crippen MR) is 98.2 cm³/mol. The lowest BCUT2D eigenvalue weighted by Gasteiger charge is -2.31. The van der Waals surface area contributed by atoms with Crippen LogP contribution in [0.1, 0.15) is 25.7 Å². The molecule has 0 heterocycles. The summed E-state index contributed by atoms with van der Waals surface area (Å²) in [5, 5.41) is 0.361. The molecule has 1 saturated carbocycles. The van der Waals surface area contributed by atoms with Gasteiger partial charge in [-0.3, -0.25) is 0 Å². The van der Waals surface area contributed by atoms with Crippen molar-refractivity contribution in [2.75, 3.05) is 0 Å². The Morgan fingerprint density at radius 1 is 0.875 bits per heavy atom. The molecule has 6 heteroatoms. The highest BCUT2D eigenvalue weighted by Crippen LogP contribution is 2.33. The van der Waals surface area contributed by atoms with Gasteiger partial charge in [-0.15, -0.1) is 16.6 Å². The maximum absolute atomic E-state index is 12.4. The van der Waals surface area contributed by atoms with E-state index in [0.717, 1.165) is 19.3 Å². The van der Waals surface area contributed by atoms with Crippen molar-refractivity contribution >= 4 is 21.8 Å². The fraction of sp³-hybridized carbons (Fsp3) is 0.333. The Hall–Kier alpha value is -1.34. The van der Waals surface area contributed by atoms with Crippen LogP contribution in [-0.2, 0) is 10.0 Å². The van der Waals surface area contributed by atoms with Crippen molar-refractivity contribution in [3.05, 3.63) is 60.7 Å². The Labute approximate surface area is 148 Å². The van der Waals surface area contributed by atoms with Crippen molar-refractivity contribution in [3.8, 4) is 0 Å². The molecule has 4 nitrogen and oxygen atoms in total. The van der Waals surface area contributed by atoms with Crippen LogP contribution >= 0.6 is 11.8 Å². The molecule has 0 spiro atoms. The smallest absolute Gasteiger partial charge is 0.240 e. The van der Waals surface area contributed by atoms with Gasteiger partial charge in [0.2, 0.25) is 0 Å². The van der Waals surface area contributed by atoms with Crippen LogP contribution in [0.4, 0.5) is 0 Å². The van der Waals surface area contributed by atoms with Gasteiger partial charge in [-0.05, 0) is 37.1 Å². The van der Waals surface area contributed by atoms with Crippen molar-refractivity contribution < 1.29 is 8.42 Å². The van der Waals surface area contributed by atoms with Gasteiger partial charge < -0.3 is 0 Å². The van der Waals surface area contributed by atoms with E-state index >= 15 is 0 Å². The number of benzene rings is 2. The lowest BCUT2D eigenvalue weighted by molar-refractivity contribution is 0.371. The summed E-state index contributed by atoms with van der Waals surface area (Å²) in [6, 6.07) is 18.9. The summed E-state index contributed by atoms with van der Waals surface area (Å²) in [6.45, 7) is 0. The van der Waals surface area contributed by atoms with Crippen molar-refractivity contribution in [2.24, 2.45) is 0 Å². The normalized spacial score (nSPS) is 21.5. The van der Waals surface area contributed by atoms with Crippen LogP contribution in [0, 0.1) is 0 Å². The second-order valence-corrected chi connectivity index (χ2v) is 8.92. The molecule has 24 heavy (non-hydrogen) atoms. The summed E-state index contributed by atoms with van der Waals surface area (Å²) >= 11 is 1.82. The second-order valence-electron chi connectivity index (χ2n) is 5.92. The Morgan fingerprint density at radius 3 is 2.21 bits per heavy atom. The van der Waals surface area contributed by atoms with Crippen molar-refractivity contribution in [1.29, 1.82) is 0 Å². The molecule has 0 aromatic heterocycles. The highest BCUT2D eigenvalue weighted by atomic mass is 32.2. The minimum atomic E-state index is -3.53. The predicted octanol–water partition coefficient (Wildman–Crippen LogP) is 3.57. The minimum absolute atomic E-state index is 0.127. The van der Waals surface area contributed by atoms with Crippen LogP contribution in [-0.4, -0.2) is 19.7 Å². The summed E-state index contributed by atoms with van der Waals surface area (Å²) in [6.07, 6.45) is 4.37. The lowest BCUT2D eigenvalue weighted by Crippen LogP contribution is -2.49. The maximum atomic E-state index is 12.4. The van der Waals surface area contributed by atoms with Crippen LogP contribution in [0.2, 0.25) is 0 Å². The van der Waals surface area contributed by atoms with E-state index in [1.807, 2.05) is 30.0 Å². The number of nitrogens with one attached hydrogen (secondary N) is 2. The summed E-state index contributed by atoms with van der Waals surface area (Å²) in [4.78, 5) is 4.07. The van der Waals surface area contributed by atoms with E-state index in [9.17, 15) is 8.42 Å². The first-order valence-electron chi connectivity index (χ1n) is 8.19.